The molecule has 3 aromatic carbocycles. The molecule has 5 heteroatoms. The molecule has 1 atom stereocenters. The smallest absolute Gasteiger partial charge is 0.407 e. The molecule has 5 nitrogen and oxygen atoms in total. The number of carbonyl (C=O) groups is 2. The molecule has 32 heavy (non-hydrogen) atoms. The molecule has 3 aromatic rings. The monoisotopic (exact) mass is 427 g/mol. The summed E-state index contributed by atoms with van der Waals surface area (Å²) in [6.07, 6.45) is 1.15. The van der Waals surface area contributed by atoms with Crippen molar-refractivity contribution in [2.24, 2.45) is 0 Å². The molecule has 1 aliphatic rings. The third kappa shape index (κ3) is 4.72. The van der Waals surface area contributed by atoms with Crippen LogP contribution in [0.25, 0.3) is 11.1 Å². The highest BCUT2D eigenvalue weighted by Crippen LogP contribution is 2.44. The first-order chi connectivity index (χ1) is 15.7. The van der Waals surface area contributed by atoms with Crippen LogP contribution in [0.15, 0.2) is 91.5 Å². The Bertz CT molecular complexity index is 1060. The number of hydrogen-bond donors (Lipinski definition) is 1. The Kier molecular flexibility index (Phi) is 6.66. The van der Waals surface area contributed by atoms with Crippen molar-refractivity contribution in [3.05, 3.63) is 108 Å². The summed E-state index contributed by atoms with van der Waals surface area (Å²) in [6, 6.07) is 24.9. The fraction of sp³-hybridized carbons (Fsp3) is 0.185. The van der Waals surface area contributed by atoms with Crippen LogP contribution < -0.4 is 5.32 Å². The van der Waals surface area contributed by atoms with E-state index in [-0.39, 0.29) is 19.1 Å². The molecule has 1 aliphatic carbocycles. The predicted molar refractivity (Wildman–Crippen MR) is 123 cm³/mol. The molecule has 0 aromatic heterocycles. The van der Waals surface area contributed by atoms with E-state index in [0.29, 0.717) is 6.42 Å². The van der Waals surface area contributed by atoms with Crippen molar-refractivity contribution >= 4 is 12.1 Å². The molecule has 0 spiro atoms. The molecule has 162 valence electrons. The van der Waals surface area contributed by atoms with Gasteiger partial charge in [0.25, 0.3) is 0 Å². The lowest BCUT2D eigenvalue weighted by atomic mass is 9.98. The third-order valence-corrected chi connectivity index (χ3v) is 5.55. The number of hydrogen-bond acceptors (Lipinski definition) is 4. The van der Waals surface area contributed by atoms with Gasteiger partial charge in [0, 0.05) is 12.3 Å². The Hall–Kier alpha value is -3.86. The zero-order valence-electron chi connectivity index (χ0n) is 17.7. The Balaban J connectivity index is 1.44. The SMILES string of the molecule is C=CCOC(=O)[C@H](Cc1ccccc1)NC(=O)OCC1c2ccccc2-c2ccccc21. The molecule has 0 saturated carbocycles. The molecule has 1 N–H and O–H groups in total. The highest BCUT2D eigenvalue weighted by Gasteiger charge is 2.30. The molecule has 0 radical (unpaired) electrons. The quantitative estimate of drug-likeness (QED) is 0.412. The van der Waals surface area contributed by atoms with Crippen molar-refractivity contribution in [1.29, 1.82) is 0 Å². The predicted octanol–water partition coefficient (Wildman–Crippen LogP) is 4.87. The molecule has 0 unspecified atom stereocenters. The molecule has 1 amide bonds. The summed E-state index contributed by atoms with van der Waals surface area (Å²) >= 11 is 0. The van der Waals surface area contributed by atoms with Crippen LogP contribution in [0.4, 0.5) is 4.79 Å². The van der Waals surface area contributed by atoms with E-state index in [9.17, 15) is 9.59 Å². The number of rotatable bonds is 8. The summed E-state index contributed by atoms with van der Waals surface area (Å²) in [5, 5.41) is 2.68. The van der Waals surface area contributed by atoms with Crippen LogP contribution in [0.2, 0.25) is 0 Å². The van der Waals surface area contributed by atoms with E-state index in [2.05, 4.69) is 36.2 Å². The van der Waals surface area contributed by atoms with Gasteiger partial charge >= 0.3 is 12.1 Å². The average molecular weight is 428 g/mol. The van der Waals surface area contributed by atoms with Gasteiger partial charge in [-0.15, -0.1) is 0 Å². The highest BCUT2D eigenvalue weighted by atomic mass is 16.6. The number of alkyl carbamates (subject to hydrolysis) is 1. The van der Waals surface area contributed by atoms with Gasteiger partial charge in [-0.3, -0.25) is 0 Å². The van der Waals surface area contributed by atoms with Crippen molar-refractivity contribution in [3.63, 3.8) is 0 Å². The summed E-state index contributed by atoms with van der Waals surface area (Å²) in [7, 11) is 0. The van der Waals surface area contributed by atoms with Gasteiger partial charge < -0.3 is 14.8 Å². The molecular formula is C27H25NO4. The fourth-order valence-electron chi connectivity index (χ4n) is 4.07. The van der Waals surface area contributed by atoms with Crippen molar-refractivity contribution in [2.75, 3.05) is 13.2 Å². The number of nitrogens with one attached hydrogen (secondary N) is 1. The van der Waals surface area contributed by atoms with Gasteiger partial charge in [-0.25, -0.2) is 9.59 Å². The highest BCUT2D eigenvalue weighted by molar-refractivity contribution is 5.82. The first-order valence-electron chi connectivity index (χ1n) is 10.6. The number of carbonyl (C=O) groups excluding carboxylic acids is 2. The maximum Gasteiger partial charge on any atom is 0.407 e. The van der Waals surface area contributed by atoms with Gasteiger partial charge in [0.15, 0.2) is 0 Å². The summed E-state index contributed by atoms with van der Waals surface area (Å²) in [6.45, 7) is 3.82. The summed E-state index contributed by atoms with van der Waals surface area (Å²) < 4.78 is 10.8. The largest absolute Gasteiger partial charge is 0.460 e. The molecule has 0 bridgehead atoms. The van der Waals surface area contributed by atoms with E-state index in [1.807, 2.05) is 54.6 Å². The van der Waals surface area contributed by atoms with E-state index < -0.39 is 18.1 Å². The molecule has 0 saturated heterocycles. The van der Waals surface area contributed by atoms with Crippen LogP contribution in [-0.4, -0.2) is 31.3 Å². The Morgan fingerprint density at radius 1 is 0.875 bits per heavy atom. The van der Waals surface area contributed by atoms with Crippen LogP contribution in [-0.2, 0) is 20.7 Å². The molecular weight excluding hydrogens is 402 g/mol. The molecule has 0 heterocycles. The van der Waals surface area contributed by atoms with E-state index in [4.69, 9.17) is 9.47 Å². The van der Waals surface area contributed by atoms with Crippen molar-refractivity contribution in [2.45, 2.75) is 18.4 Å². The Morgan fingerprint density at radius 2 is 1.47 bits per heavy atom. The maximum absolute atomic E-state index is 12.6. The van der Waals surface area contributed by atoms with E-state index >= 15 is 0 Å². The van der Waals surface area contributed by atoms with Gasteiger partial charge in [0.05, 0.1) is 0 Å². The number of amides is 1. The van der Waals surface area contributed by atoms with Gasteiger partial charge in [-0.1, -0.05) is 91.5 Å². The summed E-state index contributed by atoms with van der Waals surface area (Å²) in [5.74, 6) is -0.573. The maximum atomic E-state index is 12.6. The van der Waals surface area contributed by atoms with Crippen LogP contribution in [0.5, 0.6) is 0 Å². The standard InChI is InChI=1S/C27H25NO4/c1-2-16-31-26(29)25(17-19-10-4-3-5-11-19)28-27(30)32-18-24-22-14-8-6-12-20(22)21-13-7-9-15-23(21)24/h2-15,24-25H,1,16-18H2,(H,28,30)/t25-/m0/s1. The molecule has 0 fully saturated rings. The van der Waals surface area contributed by atoms with Crippen LogP contribution in [0.3, 0.4) is 0 Å². The Morgan fingerprint density at radius 3 is 2.09 bits per heavy atom. The lowest BCUT2D eigenvalue weighted by Crippen LogP contribution is -2.44. The summed E-state index contributed by atoms with van der Waals surface area (Å²) in [4.78, 5) is 25.1. The minimum absolute atomic E-state index is 0.0477. The average Bonchev–Trinajstić information content (AvgIpc) is 3.15. The van der Waals surface area contributed by atoms with Crippen molar-refractivity contribution < 1.29 is 19.1 Å². The number of benzene rings is 3. The first-order valence-corrected chi connectivity index (χ1v) is 10.6. The zero-order valence-corrected chi connectivity index (χ0v) is 17.7. The van der Waals surface area contributed by atoms with Crippen LogP contribution in [0, 0.1) is 0 Å². The van der Waals surface area contributed by atoms with Crippen molar-refractivity contribution in [3.8, 4) is 11.1 Å². The minimum atomic E-state index is -0.854. The van der Waals surface area contributed by atoms with E-state index in [1.165, 1.54) is 6.08 Å². The van der Waals surface area contributed by atoms with Gasteiger partial charge in [-0.2, -0.15) is 0 Å². The van der Waals surface area contributed by atoms with Crippen LogP contribution in [0.1, 0.15) is 22.6 Å². The lowest BCUT2D eigenvalue weighted by molar-refractivity contribution is -0.144. The van der Waals surface area contributed by atoms with Crippen LogP contribution >= 0.6 is 0 Å². The van der Waals surface area contributed by atoms with E-state index in [0.717, 1.165) is 27.8 Å². The second-order valence-electron chi connectivity index (χ2n) is 7.63. The third-order valence-electron chi connectivity index (χ3n) is 5.55. The fourth-order valence-corrected chi connectivity index (χ4v) is 4.07. The second-order valence-corrected chi connectivity index (χ2v) is 7.63. The van der Waals surface area contributed by atoms with Gasteiger partial charge in [-0.05, 0) is 27.8 Å². The number of esters is 1. The van der Waals surface area contributed by atoms with Gasteiger partial charge in [0.2, 0.25) is 0 Å². The zero-order chi connectivity index (χ0) is 22.3. The van der Waals surface area contributed by atoms with Crippen molar-refractivity contribution in [1.82, 2.24) is 5.32 Å². The van der Waals surface area contributed by atoms with E-state index in [1.54, 1.807) is 0 Å². The first kappa shape index (κ1) is 21.4. The number of fused-ring (bicyclic) bond motifs is 3. The number of ether oxygens (including phenoxy) is 2. The van der Waals surface area contributed by atoms with Gasteiger partial charge in [0.1, 0.15) is 19.3 Å². The second kappa shape index (κ2) is 9.96. The minimum Gasteiger partial charge on any atom is -0.460 e. The summed E-state index contributed by atoms with van der Waals surface area (Å²) in [5.41, 5.74) is 5.49. The molecule has 4 rings (SSSR count). The molecule has 0 aliphatic heterocycles. The topological polar surface area (TPSA) is 64.6 Å². The lowest BCUT2D eigenvalue weighted by Gasteiger charge is -2.19. The normalized spacial score (nSPS) is 12.9. The Labute approximate surface area is 187 Å².